The highest BCUT2D eigenvalue weighted by atomic mass is 32.3. The molecule has 47 heavy (non-hydrogen) atoms. The normalized spacial score (nSPS) is 27.6. The van der Waals surface area contributed by atoms with E-state index < -0.39 is 57.9 Å². The number of aliphatic hydroxyl groups is 2. The van der Waals surface area contributed by atoms with E-state index in [1.54, 1.807) is 11.8 Å². The van der Waals surface area contributed by atoms with Crippen LogP contribution in [0.1, 0.15) is 42.3 Å². The number of thioether (sulfide) groups is 1. The van der Waals surface area contributed by atoms with Gasteiger partial charge in [0.1, 0.15) is 17.9 Å². The van der Waals surface area contributed by atoms with E-state index in [4.69, 9.17) is 19.9 Å². The number of esters is 2. The van der Waals surface area contributed by atoms with Crippen LogP contribution < -0.4 is 16.4 Å². The molecule has 2 aromatic heterocycles. The number of hydrogen-bond donors (Lipinski definition) is 5. The number of halogens is 1. The van der Waals surface area contributed by atoms with Crippen LogP contribution in [0.5, 0.6) is 0 Å². The Kier molecular flexibility index (Phi) is 9.20. The van der Waals surface area contributed by atoms with E-state index in [9.17, 15) is 36.9 Å². The van der Waals surface area contributed by atoms with Crippen molar-refractivity contribution in [2.75, 3.05) is 11.5 Å². The largest absolute Gasteiger partial charge is 0.456 e. The molecule has 0 saturated carbocycles. The molecule has 6 N–H and O–H groups in total. The summed E-state index contributed by atoms with van der Waals surface area (Å²) in [5.41, 5.74) is 6.01. The fourth-order valence-electron chi connectivity index (χ4n) is 5.80. The summed E-state index contributed by atoms with van der Waals surface area (Å²) in [4.78, 5) is 48.8. The molecule has 0 radical (unpaired) electrons. The zero-order valence-electron chi connectivity index (χ0n) is 24.3. The molecule has 1 unspecified atom stereocenters. The number of anilines is 1. The summed E-state index contributed by atoms with van der Waals surface area (Å²) in [6.45, 7) is 0. The maximum absolute atomic E-state index is 13.2. The molecule has 3 aromatic rings. The van der Waals surface area contributed by atoms with Gasteiger partial charge in [-0.3, -0.25) is 9.36 Å². The van der Waals surface area contributed by atoms with Gasteiger partial charge in [0.25, 0.3) is 0 Å². The van der Waals surface area contributed by atoms with E-state index in [-0.39, 0.29) is 52.3 Å². The Morgan fingerprint density at radius 1 is 1.19 bits per heavy atom. The van der Waals surface area contributed by atoms with Gasteiger partial charge in [-0.05, 0) is 37.1 Å². The van der Waals surface area contributed by atoms with Crippen molar-refractivity contribution in [1.82, 2.24) is 30.2 Å². The van der Waals surface area contributed by atoms with Crippen LogP contribution in [-0.4, -0.2) is 104 Å². The SMILES string of the molecule is Nc1ncnc2c1ncn2[C@@H]1O[C@H](C(O)OC(=O)c2ccc(S(=O)(=O)F)cc2)[C@@H](OC(=O)CCCC[C@@H]2SC[C@@H]3NC(=O)N[C@@H]32)[C@H]1O. The lowest BCUT2D eigenvalue weighted by Crippen LogP contribution is -2.43. The molecule has 6 rings (SSSR count). The minimum Gasteiger partial charge on any atom is -0.456 e. The number of fused-ring (bicyclic) bond motifs is 2. The van der Waals surface area contributed by atoms with Gasteiger partial charge in [0.2, 0.25) is 6.29 Å². The number of carbonyl (C=O) groups is 3. The highest BCUT2D eigenvalue weighted by molar-refractivity contribution is 8.00. The fraction of sp³-hybridized carbons (Fsp3) is 0.481. The number of nitrogen functional groups attached to an aromatic ring is 1. The molecule has 0 spiro atoms. The summed E-state index contributed by atoms with van der Waals surface area (Å²) in [5, 5.41) is 28.2. The van der Waals surface area contributed by atoms with Crippen molar-refractivity contribution in [2.45, 2.75) is 78.7 Å². The number of benzene rings is 1. The maximum atomic E-state index is 13.2. The quantitative estimate of drug-likeness (QED) is 0.0588. The predicted molar refractivity (Wildman–Crippen MR) is 160 cm³/mol. The number of imidazole rings is 1. The molecule has 20 heteroatoms. The van der Waals surface area contributed by atoms with Crippen molar-refractivity contribution >= 4 is 56.9 Å². The zero-order chi connectivity index (χ0) is 33.5. The van der Waals surface area contributed by atoms with Crippen molar-refractivity contribution < 1.29 is 51.1 Å². The van der Waals surface area contributed by atoms with Crippen LogP contribution in [0.4, 0.5) is 14.5 Å². The van der Waals surface area contributed by atoms with Crippen molar-refractivity contribution in [1.29, 1.82) is 0 Å². The van der Waals surface area contributed by atoms with Gasteiger partial charge < -0.3 is 40.8 Å². The summed E-state index contributed by atoms with van der Waals surface area (Å²) in [6.07, 6.45) is -3.91. The minimum absolute atomic E-state index is 0.0293. The summed E-state index contributed by atoms with van der Waals surface area (Å²) < 4.78 is 53.3. The zero-order valence-corrected chi connectivity index (χ0v) is 26.0. The third kappa shape index (κ3) is 6.82. The van der Waals surface area contributed by atoms with Gasteiger partial charge in [-0.1, -0.05) is 6.42 Å². The molecule has 3 fully saturated rings. The lowest BCUT2D eigenvalue weighted by Gasteiger charge is -2.24. The summed E-state index contributed by atoms with van der Waals surface area (Å²) >= 11 is 1.75. The standard InChI is InChI=1S/C27H30FN7O10S2/c28-47(41,42)13-7-5-12(6-8-13)25(38)45-26(39)21-20(19(37)24(44-21)35-11-32-18-22(29)30-10-31-23(18)35)43-16(36)4-2-1-3-15-17-14(9-46-15)33-27(40)34-17/h5-8,10-11,14-15,17,19-21,24,26,37,39H,1-4,9H2,(H2,29,30,31)(H2,33,34,40)/t14-,15-,17-,19+,20-,21-,24+,26?/m0/s1. The highest BCUT2D eigenvalue weighted by Crippen LogP contribution is 2.36. The Balaban J connectivity index is 1.13. The molecule has 5 heterocycles. The Bertz CT molecular complexity index is 1780. The predicted octanol–water partition coefficient (Wildman–Crippen LogP) is 0.138. The first kappa shape index (κ1) is 32.8. The Morgan fingerprint density at radius 3 is 2.70 bits per heavy atom. The van der Waals surface area contributed by atoms with Crippen molar-refractivity contribution in [2.24, 2.45) is 0 Å². The summed E-state index contributed by atoms with van der Waals surface area (Å²) in [5.74, 6) is -0.985. The topological polar surface area (TPSA) is 247 Å². The smallest absolute Gasteiger partial charge is 0.340 e. The van der Waals surface area contributed by atoms with Crippen LogP contribution >= 0.6 is 11.8 Å². The Labute approximate surface area is 270 Å². The molecule has 252 valence electrons. The summed E-state index contributed by atoms with van der Waals surface area (Å²) in [7, 11) is -5.01. The van der Waals surface area contributed by atoms with Crippen LogP contribution in [0, 0.1) is 0 Å². The van der Waals surface area contributed by atoms with E-state index in [0.29, 0.717) is 12.8 Å². The first-order valence-corrected chi connectivity index (χ1v) is 16.9. The van der Waals surface area contributed by atoms with Crippen molar-refractivity contribution in [3.05, 3.63) is 42.5 Å². The molecule has 8 atom stereocenters. The number of amides is 2. The maximum Gasteiger partial charge on any atom is 0.340 e. The number of aliphatic hydroxyl groups excluding tert-OH is 2. The first-order valence-electron chi connectivity index (χ1n) is 14.5. The van der Waals surface area contributed by atoms with E-state index >= 15 is 0 Å². The van der Waals surface area contributed by atoms with E-state index in [2.05, 4.69) is 25.6 Å². The number of nitrogens with one attached hydrogen (secondary N) is 2. The minimum atomic E-state index is -5.01. The molecule has 3 aliphatic rings. The van der Waals surface area contributed by atoms with Crippen LogP contribution in [0.2, 0.25) is 0 Å². The molecule has 17 nitrogen and oxygen atoms in total. The summed E-state index contributed by atoms with van der Waals surface area (Å²) in [6, 6.07) is 3.58. The first-order chi connectivity index (χ1) is 22.4. The third-order valence-electron chi connectivity index (χ3n) is 8.12. The lowest BCUT2D eigenvalue weighted by atomic mass is 10.0. The second-order valence-electron chi connectivity index (χ2n) is 11.1. The van der Waals surface area contributed by atoms with Gasteiger partial charge in [0, 0.05) is 17.4 Å². The average Bonchev–Trinajstić information content (AvgIpc) is 3.79. The number of aromatic nitrogens is 4. The number of ether oxygens (including phenoxy) is 3. The number of nitrogens with two attached hydrogens (primary N) is 1. The average molecular weight is 696 g/mol. The van der Waals surface area contributed by atoms with Gasteiger partial charge in [-0.25, -0.2) is 24.5 Å². The number of carbonyl (C=O) groups excluding carboxylic acids is 3. The van der Waals surface area contributed by atoms with Crippen LogP contribution in [-0.2, 0) is 29.2 Å². The van der Waals surface area contributed by atoms with Crippen molar-refractivity contribution in [3.8, 4) is 0 Å². The number of urea groups is 1. The van der Waals surface area contributed by atoms with Crippen LogP contribution in [0.25, 0.3) is 11.2 Å². The molecule has 3 aliphatic heterocycles. The van der Waals surface area contributed by atoms with Gasteiger partial charge >= 0.3 is 28.2 Å². The molecular formula is C27H30FN7O10S2. The highest BCUT2D eigenvalue weighted by Gasteiger charge is 2.52. The third-order valence-corrected chi connectivity index (χ3v) is 10.5. The molecule has 0 bridgehead atoms. The number of unbranched alkanes of at least 4 members (excludes halogenated alkanes) is 1. The van der Waals surface area contributed by atoms with Gasteiger partial charge in [0.15, 0.2) is 29.9 Å². The van der Waals surface area contributed by atoms with Crippen LogP contribution in [0.15, 0.2) is 41.8 Å². The second kappa shape index (κ2) is 13.2. The molecular weight excluding hydrogens is 665 g/mol. The number of nitrogens with zero attached hydrogens (tertiary/aromatic N) is 4. The van der Waals surface area contributed by atoms with E-state index in [1.165, 1.54) is 17.2 Å². The molecule has 1 aromatic carbocycles. The molecule has 3 saturated heterocycles. The van der Waals surface area contributed by atoms with E-state index in [0.717, 1.165) is 36.4 Å². The second-order valence-corrected chi connectivity index (χ2v) is 13.8. The van der Waals surface area contributed by atoms with Gasteiger partial charge in [-0.15, -0.1) is 3.89 Å². The monoisotopic (exact) mass is 695 g/mol. The number of hydrogen-bond acceptors (Lipinski definition) is 15. The molecule has 2 amide bonds. The van der Waals surface area contributed by atoms with E-state index in [1.807, 2.05) is 0 Å². The van der Waals surface area contributed by atoms with Crippen molar-refractivity contribution in [3.63, 3.8) is 0 Å². The van der Waals surface area contributed by atoms with Crippen LogP contribution in [0.3, 0.4) is 0 Å². The lowest BCUT2D eigenvalue weighted by molar-refractivity contribution is -0.183. The molecule has 0 aliphatic carbocycles. The Hall–Kier alpha value is -4.11. The fourth-order valence-corrected chi connectivity index (χ4v) is 7.80. The Morgan fingerprint density at radius 2 is 1.96 bits per heavy atom. The van der Waals surface area contributed by atoms with Gasteiger partial charge in [-0.2, -0.15) is 20.2 Å². The van der Waals surface area contributed by atoms with Gasteiger partial charge in [0.05, 0.1) is 28.9 Å². The number of rotatable bonds is 11.